The Bertz CT molecular complexity index is 541. The van der Waals surface area contributed by atoms with Gasteiger partial charge in [-0.1, -0.05) is 0 Å². The Morgan fingerprint density at radius 1 is 1.61 bits per heavy atom. The maximum Gasteiger partial charge on any atom is 0.330 e. The number of aliphatic hydroxyl groups is 1. The highest BCUT2D eigenvalue weighted by Crippen LogP contribution is 2.29. The molecule has 1 aliphatic heterocycles. The molecule has 4 N–H and O–H groups in total. The van der Waals surface area contributed by atoms with E-state index in [1.165, 1.54) is 6.20 Å². The zero-order chi connectivity index (χ0) is 13.3. The van der Waals surface area contributed by atoms with Gasteiger partial charge >= 0.3 is 5.69 Å². The molecule has 100 valence electrons. The van der Waals surface area contributed by atoms with E-state index in [9.17, 15) is 14.0 Å². The maximum atomic E-state index is 13.4. The second kappa shape index (κ2) is 5.01. The number of aromatic amines is 1. The van der Waals surface area contributed by atoms with Gasteiger partial charge in [0.05, 0.1) is 6.61 Å². The minimum absolute atomic E-state index is 0.0369. The lowest BCUT2D eigenvalue weighted by molar-refractivity contribution is -0.0357. The topological polar surface area (TPSA) is 110 Å². The second-order valence-electron chi connectivity index (χ2n) is 4.09. The van der Waals surface area contributed by atoms with E-state index in [-0.39, 0.29) is 18.5 Å². The molecular formula is C10H14FN3O4. The van der Waals surface area contributed by atoms with Crippen molar-refractivity contribution in [3.05, 3.63) is 32.6 Å². The van der Waals surface area contributed by atoms with Gasteiger partial charge in [-0.2, -0.15) is 0 Å². The number of alkyl halides is 1. The number of hydrogen-bond acceptors (Lipinski definition) is 5. The molecule has 0 aromatic carbocycles. The molecule has 1 aliphatic rings. The Morgan fingerprint density at radius 2 is 2.33 bits per heavy atom. The van der Waals surface area contributed by atoms with Gasteiger partial charge in [0.25, 0.3) is 5.56 Å². The van der Waals surface area contributed by atoms with Crippen molar-refractivity contribution in [3.8, 4) is 0 Å². The van der Waals surface area contributed by atoms with E-state index in [0.717, 1.165) is 4.57 Å². The van der Waals surface area contributed by atoms with E-state index < -0.39 is 36.4 Å². The van der Waals surface area contributed by atoms with Crippen molar-refractivity contribution in [3.63, 3.8) is 0 Å². The largest absolute Gasteiger partial charge is 0.394 e. The Hall–Kier alpha value is -1.51. The molecule has 2 rings (SSSR count). The smallest absolute Gasteiger partial charge is 0.330 e. The Labute approximate surface area is 101 Å². The lowest BCUT2D eigenvalue weighted by Gasteiger charge is -2.14. The minimum Gasteiger partial charge on any atom is -0.394 e. The van der Waals surface area contributed by atoms with Crippen LogP contribution >= 0.6 is 0 Å². The highest BCUT2D eigenvalue weighted by Gasteiger charge is 2.36. The molecule has 0 amide bonds. The van der Waals surface area contributed by atoms with E-state index in [0.29, 0.717) is 0 Å². The van der Waals surface area contributed by atoms with Crippen LogP contribution in [0.4, 0.5) is 4.39 Å². The summed E-state index contributed by atoms with van der Waals surface area (Å²) in [5.41, 5.74) is 4.32. The summed E-state index contributed by atoms with van der Waals surface area (Å²) >= 11 is 0. The van der Waals surface area contributed by atoms with Gasteiger partial charge in [-0.25, -0.2) is 9.18 Å². The molecule has 1 saturated heterocycles. The number of hydrogen-bond donors (Lipinski definition) is 3. The van der Waals surface area contributed by atoms with Gasteiger partial charge in [-0.3, -0.25) is 14.3 Å². The van der Waals surface area contributed by atoms with Crippen LogP contribution in [0.25, 0.3) is 0 Å². The van der Waals surface area contributed by atoms with Crippen molar-refractivity contribution in [2.75, 3.05) is 6.61 Å². The van der Waals surface area contributed by atoms with Crippen molar-refractivity contribution in [1.29, 1.82) is 0 Å². The molecule has 0 radical (unpaired) electrons. The van der Waals surface area contributed by atoms with Gasteiger partial charge in [-0.15, -0.1) is 0 Å². The number of H-pyrrole nitrogens is 1. The Kier molecular flexibility index (Phi) is 3.60. The fourth-order valence-electron chi connectivity index (χ4n) is 1.91. The van der Waals surface area contributed by atoms with Crippen LogP contribution in [0.5, 0.6) is 0 Å². The monoisotopic (exact) mass is 259 g/mol. The molecule has 0 aliphatic carbocycles. The lowest BCUT2D eigenvalue weighted by atomic mass is 10.2. The molecule has 18 heavy (non-hydrogen) atoms. The van der Waals surface area contributed by atoms with Crippen molar-refractivity contribution in [1.82, 2.24) is 9.55 Å². The van der Waals surface area contributed by atoms with E-state index in [1.54, 1.807) is 0 Å². The average molecular weight is 259 g/mol. The standard InChI is InChI=1S/C10H14FN3O4/c11-6-1-8(18-7(6)4-15)14-3-5(2-12)9(16)13-10(14)17/h3,6-8,15H,1-2,4,12H2,(H,13,16,17)/t6?,7-,8-/m1/s1. The summed E-state index contributed by atoms with van der Waals surface area (Å²) in [5.74, 6) is 0. The van der Waals surface area contributed by atoms with Gasteiger partial charge in [0.2, 0.25) is 0 Å². The number of rotatable bonds is 3. The van der Waals surface area contributed by atoms with Crippen LogP contribution in [0.1, 0.15) is 18.2 Å². The third-order valence-electron chi connectivity index (χ3n) is 2.91. The second-order valence-corrected chi connectivity index (χ2v) is 4.09. The van der Waals surface area contributed by atoms with Crippen molar-refractivity contribution >= 4 is 0 Å². The van der Waals surface area contributed by atoms with Crippen LogP contribution in [0.3, 0.4) is 0 Å². The van der Waals surface area contributed by atoms with Crippen LogP contribution in [0.15, 0.2) is 15.8 Å². The molecule has 0 bridgehead atoms. The molecule has 2 heterocycles. The zero-order valence-electron chi connectivity index (χ0n) is 9.51. The van der Waals surface area contributed by atoms with Crippen molar-refractivity contribution < 1.29 is 14.2 Å². The molecule has 7 nitrogen and oxygen atoms in total. The van der Waals surface area contributed by atoms with Crippen LogP contribution in [-0.4, -0.2) is 33.5 Å². The number of aliphatic hydroxyl groups excluding tert-OH is 1. The summed E-state index contributed by atoms with van der Waals surface area (Å²) in [6.07, 6.45) is -1.93. The zero-order valence-corrected chi connectivity index (χ0v) is 9.51. The first-order valence-electron chi connectivity index (χ1n) is 5.51. The number of nitrogens with two attached hydrogens (primary N) is 1. The quantitative estimate of drug-likeness (QED) is 0.619. The summed E-state index contributed by atoms with van der Waals surface area (Å²) in [5, 5.41) is 8.89. The Morgan fingerprint density at radius 3 is 2.89 bits per heavy atom. The normalized spacial score (nSPS) is 27.6. The maximum absolute atomic E-state index is 13.4. The first-order chi connectivity index (χ1) is 8.56. The summed E-state index contributed by atoms with van der Waals surface area (Å²) in [6.45, 7) is -0.496. The fraction of sp³-hybridized carbons (Fsp3) is 0.600. The van der Waals surface area contributed by atoms with E-state index in [1.807, 2.05) is 0 Å². The molecule has 1 unspecified atom stereocenters. The first-order valence-corrected chi connectivity index (χ1v) is 5.51. The van der Waals surface area contributed by atoms with Crippen molar-refractivity contribution in [2.24, 2.45) is 5.73 Å². The number of nitrogens with one attached hydrogen (secondary N) is 1. The summed E-state index contributed by atoms with van der Waals surface area (Å²) in [6, 6.07) is 0. The van der Waals surface area contributed by atoms with Gasteiger partial charge in [0.1, 0.15) is 18.5 Å². The summed E-state index contributed by atoms with van der Waals surface area (Å²) in [4.78, 5) is 25.0. The number of halogens is 1. The first kappa shape index (κ1) is 12.9. The predicted octanol–water partition coefficient (Wildman–Crippen LogP) is -1.39. The van der Waals surface area contributed by atoms with E-state index in [2.05, 4.69) is 4.98 Å². The molecule has 0 spiro atoms. The molecule has 1 aromatic rings. The third kappa shape index (κ3) is 2.22. The Balaban J connectivity index is 2.35. The van der Waals surface area contributed by atoms with Gasteiger partial charge in [0, 0.05) is 24.7 Å². The highest BCUT2D eigenvalue weighted by atomic mass is 19.1. The molecular weight excluding hydrogens is 245 g/mol. The molecule has 1 fully saturated rings. The predicted molar refractivity (Wildman–Crippen MR) is 59.7 cm³/mol. The summed E-state index contributed by atoms with van der Waals surface area (Å²) in [7, 11) is 0. The van der Waals surface area contributed by atoms with Crippen LogP contribution < -0.4 is 17.0 Å². The van der Waals surface area contributed by atoms with Crippen LogP contribution in [0.2, 0.25) is 0 Å². The van der Waals surface area contributed by atoms with E-state index in [4.69, 9.17) is 15.6 Å². The average Bonchev–Trinajstić information content (AvgIpc) is 2.70. The van der Waals surface area contributed by atoms with Crippen molar-refractivity contribution in [2.45, 2.75) is 31.5 Å². The fourth-order valence-corrected chi connectivity index (χ4v) is 1.91. The number of nitrogens with zero attached hydrogens (tertiary/aromatic N) is 1. The molecule has 0 saturated carbocycles. The number of ether oxygens (including phenoxy) is 1. The molecule has 3 atom stereocenters. The van der Waals surface area contributed by atoms with Gasteiger partial charge in [-0.05, 0) is 0 Å². The number of aromatic nitrogens is 2. The highest BCUT2D eigenvalue weighted by molar-refractivity contribution is 5.04. The third-order valence-corrected chi connectivity index (χ3v) is 2.91. The minimum atomic E-state index is -1.35. The van der Waals surface area contributed by atoms with Crippen LogP contribution in [-0.2, 0) is 11.3 Å². The van der Waals surface area contributed by atoms with Gasteiger partial charge in [0.15, 0.2) is 0 Å². The summed E-state index contributed by atoms with van der Waals surface area (Å²) < 4.78 is 19.7. The van der Waals surface area contributed by atoms with E-state index >= 15 is 0 Å². The van der Waals surface area contributed by atoms with Gasteiger partial charge < -0.3 is 15.6 Å². The molecule has 1 aromatic heterocycles. The lowest BCUT2D eigenvalue weighted by Crippen LogP contribution is -2.35. The van der Waals surface area contributed by atoms with Crippen LogP contribution in [0, 0.1) is 0 Å². The molecule has 8 heteroatoms. The SMILES string of the molecule is NCc1cn([C@H]2CC(F)[C@@H](CO)O2)c(=O)[nH]c1=O.